The molecule has 0 aliphatic carbocycles. The molecule has 0 saturated heterocycles. The zero-order chi connectivity index (χ0) is 22.0. The molecular weight excluding hydrogens is 384 g/mol. The fourth-order valence-corrected chi connectivity index (χ4v) is 5.67. The molecule has 30 heavy (non-hydrogen) atoms. The van der Waals surface area contributed by atoms with Crippen LogP contribution in [-0.4, -0.2) is 18.0 Å². The van der Waals surface area contributed by atoms with E-state index in [0.29, 0.717) is 5.71 Å². The Labute approximate surface area is 179 Å². The third-order valence-electron chi connectivity index (χ3n) is 5.71. The van der Waals surface area contributed by atoms with E-state index in [9.17, 15) is 0 Å². The van der Waals surface area contributed by atoms with E-state index in [1.165, 1.54) is 5.19 Å². The summed E-state index contributed by atoms with van der Waals surface area (Å²) in [4.78, 5) is 9.52. The molecule has 0 radical (unpaired) electrons. The largest absolute Gasteiger partial charge is 0.438 e. The molecule has 5 aromatic rings. The first-order valence-electron chi connectivity index (χ1n) is 10.8. The van der Waals surface area contributed by atoms with Crippen LogP contribution in [0.4, 0.5) is 0 Å². The molecule has 3 heterocycles. The molecule has 3 nitrogen and oxygen atoms in total. The first-order valence-corrected chi connectivity index (χ1v) is 13.8. The van der Waals surface area contributed by atoms with Gasteiger partial charge in [0.2, 0.25) is 5.71 Å². The molecule has 0 fully saturated rings. The maximum atomic E-state index is 8.71. The Kier molecular flexibility index (Phi) is 4.03. The zero-order valence-corrected chi connectivity index (χ0v) is 19.1. The van der Waals surface area contributed by atoms with E-state index < -0.39 is 14.0 Å². The minimum absolute atomic E-state index is 0.654. The summed E-state index contributed by atoms with van der Waals surface area (Å²) >= 11 is 0. The topological polar surface area (TPSA) is 38.9 Å². The van der Waals surface area contributed by atoms with Crippen molar-refractivity contribution < 1.29 is 5.79 Å². The maximum Gasteiger partial charge on any atom is 0.227 e. The summed E-state index contributed by atoms with van der Waals surface area (Å²) in [6, 6.07) is 18.5. The number of furan rings is 1. The summed E-state index contributed by atoms with van der Waals surface area (Å²) < 4.78 is 14.8. The van der Waals surface area contributed by atoms with Crippen molar-refractivity contribution in [3.63, 3.8) is 0 Å². The SMILES string of the molecule is [2H]C(C)(C)c1cc(-c2ccc3oc4nc5ccccc5cc4c3c2)ncc1[Si](C)(C)C. The molecule has 3 aromatic heterocycles. The van der Waals surface area contributed by atoms with Crippen LogP contribution in [0.3, 0.4) is 0 Å². The molecule has 0 atom stereocenters. The number of pyridine rings is 2. The van der Waals surface area contributed by atoms with Gasteiger partial charge in [0.15, 0.2) is 0 Å². The molecule has 0 spiro atoms. The molecule has 0 aliphatic heterocycles. The molecule has 150 valence electrons. The highest BCUT2D eigenvalue weighted by atomic mass is 28.3. The van der Waals surface area contributed by atoms with Crippen LogP contribution in [-0.2, 0) is 0 Å². The van der Waals surface area contributed by atoms with Crippen molar-refractivity contribution in [3.05, 3.63) is 66.4 Å². The van der Waals surface area contributed by atoms with E-state index in [2.05, 4.69) is 43.9 Å². The third-order valence-corrected chi connectivity index (χ3v) is 7.73. The second kappa shape index (κ2) is 6.78. The number of benzene rings is 2. The predicted octanol–water partition coefficient (Wildman–Crippen LogP) is 6.86. The van der Waals surface area contributed by atoms with Gasteiger partial charge < -0.3 is 4.42 Å². The van der Waals surface area contributed by atoms with Gasteiger partial charge in [0, 0.05) is 29.3 Å². The van der Waals surface area contributed by atoms with Gasteiger partial charge in [0.25, 0.3) is 0 Å². The van der Waals surface area contributed by atoms with Crippen LogP contribution >= 0.6 is 0 Å². The molecule has 0 amide bonds. The standard InChI is InChI=1S/C26H26N2OSi/c1-16(2)19-14-23(27-15-25(19)30(3,4)5)18-10-11-24-20(12-18)21-13-17-8-6-7-9-22(17)28-26(21)29-24/h6-16H,1-5H3/i16D. The van der Waals surface area contributed by atoms with Crippen molar-refractivity contribution in [3.8, 4) is 11.3 Å². The van der Waals surface area contributed by atoms with E-state index in [1.807, 2.05) is 50.4 Å². The number of rotatable bonds is 3. The summed E-state index contributed by atoms with van der Waals surface area (Å²) in [7, 11) is -1.61. The Morgan fingerprint density at radius 3 is 2.53 bits per heavy atom. The van der Waals surface area contributed by atoms with Gasteiger partial charge in [-0.05, 0) is 53.0 Å². The summed E-state index contributed by atoms with van der Waals surface area (Å²) in [5, 5.41) is 4.39. The highest BCUT2D eigenvalue weighted by Crippen LogP contribution is 2.33. The minimum atomic E-state index is -1.61. The van der Waals surface area contributed by atoms with Crippen LogP contribution in [0.25, 0.3) is 44.2 Å². The molecule has 0 aliphatic rings. The number of fused-ring (bicyclic) bond motifs is 4. The lowest BCUT2D eigenvalue weighted by Gasteiger charge is -2.23. The molecule has 0 unspecified atom stereocenters. The number of nitrogens with zero attached hydrogens (tertiary/aromatic N) is 2. The lowest BCUT2D eigenvalue weighted by Crippen LogP contribution is -2.40. The van der Waals surface area contributed by atoms with E-state index in [-0.39, 0.29) is 0 Å². The lowest BCUT2D eigenvalue weighted by molar-refractivity contribution is 0.656. The van der Waals surface area contributed by atoms with Gasteiger partial charge in [-0.25, -0.2) is 4.98 Å². The summed E-state index contributed by atoms with van der Waals surface area (Å²) in [5.41, 5.74) is 5.39. The molecule has 0 saturated carbocycles. The Balaban J connectivity index is 1.71. The van der Waals surface area contributed by atoms with E-state index in [1.54, 1.807) is 0 Å². The second-order valence-corrected chi connectivity index (χ2v) is 14.3. The first-order chi connectivity index (χ1) is 14.6. The second-order valence-electron chi connectivity index (χ2n) is 9.21. The van der Waals surface area contributed by atoms with Crippen molar-refractivity contribution in [1.29, 1.82) is 0 Å². The van der Waals surface area contributed by atoms with Crippen molar-refractivity contribution in [2.75, 3.05) is 0 Å². The van der Waals surface area contributed by atoms with Crippen molar-refractivity contribution in [2.24, 2.45) is 0 Å². The molecule has 0 N–H and O–H groups in total. The predicted molar refractivity (Wildman–Crippen MR) is 129 cm³/mol. The normalized spacial score (nSPS) is 13.3. The van der Waals surface area contributed by atoms with Gasteiger partial charge in [-0.3, -0.25) is 4.98 Å². The van der Waals surface area contributed by atoms with Gasteiger partial charge in [0.1, 0.15) is 5.58 Å². The van der Waals surface area contributed by atoms with Gasteiger partial charge in [-0.1, -0.05) is 51.7 Å². The van der Waals surface area contributed by atoms with Crippen molar-refractivity contribution >= 4 is 46.2 Å². The fourth-order valence-electron chi connectivity index (χ4n) is 4.09. The van der Waals surface area contributed by atoms with Gasteiger partial charge in [-0.15, -0.1) is 0 Å². The van der Waals surface area contributed by atoms with Crippen molar-refractivity contribution in [1.82, 2.24) is 9.97 Å². The first kappa shape index (κ1) is 17.8. The monoisotopic (exact) mass is 411 g/mol. The van der Waals surface area contributed by atoms with Crippen LogP contribution in [0.15, 0.2) is 65.2 Å². The molecule has 4 heteroatoms. The number of hydrogen-bond acceptors (Lipinski definition) is 3. The van der Waals surface area contributed by atoms with Crippen LogP contribution < -0.4 is 5.19 Å². The van der Waals surface area contributed by atoms with E-state index >= 15 is 0 Å². The van der Waals surface area contributed by atoms with Gasteiger partial charge in [0.05, 0.1) is 19.3 Å². The maximum absolute atomic E-state index is 8.71. The Bertz CT molecular complexity index is 1460. The van der Waals surface area contributed by atoms with Gasteiger partial charge in [-0.2, -0.15) is 0 Å². The summed E-state index contributed by atoms with van der Waals surface area (Å²) in [5.74, 6) is -0.678. The average molecular weight is 412 g/mol. The molecule has 5 rings (SSSR count). The number of para-hydroxylation sites is 1. The number of hydrogen-bond donors (Lipinski definition) is 0. The zero-order valence-electron chi connectivity index (χ0n) is 19.1. The average Bonchev–Trinajstić information content (AvgIpc) is 3.07. The van der Waals surface area contributed by atoms with Crippen molar-refractivity contribution in [2.45, 2.75) is 39.4 Å². The van der Waals surface area contributed by atoms with Crippen LogP contribution in [0.1, 0.15) is 26.7 Å². The molecule has 2 aromatic carbocycles. The van der Waals surface area contributed by atoms with Crippen LogP contribution in [0.2, 0.25) is 19.6 Å². The van der Waals surface area contributed by atoms with E-state index in [4.69, 9.17) is 15.8 Å². The van der Waals surface area contributed by atoms with E-state index in [0.717, 1.165) is 44.1 Å². The smallest absolute Gasteiger partial charge is 0.227 e. The van der Waals surface area contributed by atoms with Gasteiger partial charge >= 0.3 is 0 Å². The highest BCUT2D eigenvalue weighted by Gasteiger charge is 2.23. The van der Waals surface area contributed by atoms with Crippen LogP contribution in [0.5, 0.6) is 0 Å². The molecular formula is C26H26N2OSi. The highest BCUT2D eigenvalue weighted by molar-refractivity contribution is 6.89. The minimum Gasteiger partial charge on any atom is -0.438 e. The fraction of sp³-hybridized carbons (Fsp3) is 0.231. The Morgan fingerprint density at radius 1 is 0.967 bits per heavy atom. The van der Waals surface area contributed by atoms with Crippen LogP contribution in [0, 0.1) is 0 Å². The third kappa shape index (κ3) is 3.12. The Morgan fingerprint density at radius 2 is 1.77 bits per heavy atom. The number of aromatic nitrogens is 2. The summed E-state index contributed by atoms with van der Waals surface area (Å²) in [6.45, 7) is 10.8. The quantitative estimate of drug-likeness (QED) is 0.304. The molecule has 0 bridgehead atoms. The summed E-state index contributed by atoms with van der Waals surface area (Å²) in [6.07, 6.45) is 2.00. The Hall–Kier alpha value is -2.98. The lowest BCUT2D eigenvalue weighted by atomic mass is 10.0.